The highest BCUT2D eigenvalue weighted by Gasteiger charge is 2.25. The van der Waals surface area contributed by atoms with Gasteiger partial charge in [0.15, 0.2) is 0 Å². The van der Waals surface area contributed by atoms with Crippen LogP contribution in [0.15, 0.2) is 53.4 Å². The number of alkyl halides is 2. The van der Waals surface area contributed by atoms with Gasteiger partial charge in [0.05, 0.1) is 16.0 Å². The third kappa shape index (κ3) is 8.69. The topological polar surface area (TPSA) is 125 Å². The van der Waals surface area contributed by atoms with Crippen LogP contribution in [0.25, 0.3) is 10.1 Å². The monoisotopic (exact) mass is 625 g/mol. The summed E-state index contributed by atoms with van der Waals surface area (Å²) in [6.45, 7) is -0.303. The number of amides is 2. The zero-order valence-electron chi connectivity index (χ0n) is 19.1. The van der Waals surface area contributed by atoms with Crippen molar-refractivity contribution in [3.63, 3.8) is 0 Å². The van der Waals surface area contributed by atoms with Gasteiger partial charge in [0.2, 0.25) is 15.9 Å². The summed E-state index contributed by atoms with van der Waals surface area (Å²) in [6.07, 6.45) is -1.13. The fourth-order valence-corrected chi connectivity index (χ4v) is 6.45. The summed E-state index contributed by atoms with van der Waals surface area (Å²) in [6, 6.07) is 12.2. The predicted octanol–water partition coefficient (Wildman–Crippen LogP) is 4.35. The number of aliphatic hydroxyl groups is 1. The lowest BCUT2D eigenvalue weighted by atomic mass is 10.2. The second-order valence-electron chi connectivity index (χ2n) is 7.96. The van der Waals surface area contributed by atoms with Crippen molar-refractivity contribution in [2.24, 2.45) is 0 Å². The highest BCUT2D eigenvalue weighted by Crippen LogP contribution is 2.26. The Morgan fingerprint density at radius 2 is 1.78 bits per heavy atom. The van der Waals surface area contributed by atoms with E-state index in [9.17, 15) is 23.1 Å². The molecule has 0 aliphatic heterocycles. The summed E-state index contributed by atoms with van der Waals surface area (Å²) in [5.41, 5.74) is 0. The fourth-order valence-electron chi connectivity index (χ4n) is 3.31. The average molecular weight is 627 g/mol. The van der Waals surface area contributed by atoms with Crippen LogP contribution in [0.5, 0.6) is 0 Å². The minimum absolute atomic E-state index is 0.00281. The van der Waals surface area contributed by atoms with E-state index >= 15 is 0 Å². The molecule has 0 saturated carbocycles. The molecule has 200 valence electrons. The van der Waals surface area contributed by atoms with Gasteiger partial charge >= 0.3 is 0 Å². The second-order valence-corrected chi connectivity index (χ2v) is 12.9. The number of aliphatic hydroxyl groups excluding tert-OH is 1. The number of benzene rings is 2. The zero-order chi connectivity index (χ0) is 27.2. The largest absolute Gasteiger partial charge is 0.391 e. The minimum Gasteiger partial charge on any atom is -0.391 e. The lowest BCUT2D eigenvalue weighted by Crippen LogP contribution is -2.49. The first kappa shape index (κ1) is 29.9. The number of carbonyl (C=O) groups excluding carboxylic acids is 2. The van der Waals surface area contributed by atoms with E-state index in [1.165, 1.54) is 29.5 Å². The van der Waals surface area contributed by atoms with Crippen molar-refractivity contribution in [1.29, 1.82) is 0 Å². The van der Waals surface area contributed by atoms with Gasteiger partial charge in [-0.25, -0.2) is 13.1 Å². The van der Waals surface area contributed by atoms with Crippen molar-refractivity contribution in [1.82, 2.24) is 15.4 Å². The lowest BCUT2D eigenvalue weighted by Gasteiger charge is -2.20. The third-order valence-electron chi connectivity index (χ3n) is 5.15. The summed E-state index contributed by atoms with van der Waals surface area (Å²) in [7, 11) is -3.93. The first-order chi connectivity index (χ1) is 17.5. The molecule has 0 aliphatic rings. The van der Waals surface area contributed by atoms with Crippen LogP contribution >= 0.6 is 57.7 Å². The molecular weight excluding hydrogens is 604 g/mol. The van der Waals surface area contributed by atoms with Gasteiger partial charge < -0.3 is 15.7 Å². The summed E-state index contributed by atoms with van der Waals surface area (Å²) in [5.74, 6) is -1.04. The molecule has 0 radical (unpaired) electrons. The molecule has 37 heavy (non-hydrogen) atoms. The molecule has 3 rings (SSSR count). The van der Waals surface area contributed by atoms with Crippen LogP contribution in [-0.4, -0.2) is 55.4 Å². The molecule has 2 amide bonds. The quantitative estimate of drug-likeness (QED) is 0.223. The van der Waals surface area contributed by atoms with E-state index in [-0.39, 0.29) is 35.8 Å². The molecule has 0 unspecified atom stereocenters. The number of carbonyl (C=O) groups is 2. The molecule has 0 spiro atoms. The Labute approximate surface area is 238 Å². The maximum absolute atomic E-state index is 12.7. The number of fused-ring (bicyclic) bond motifs is 1. The van der Waals surface area contributed by atoms with Gasteiger partial charge in [-0.05, 0) is 42.1 Å². The first-order valence-electron chi connectivity index (χ1n) is 10.9. The van der Waals surface area contributed by atoms with Crippen molar-refractivity contribution < 1.29 is 23.1 Å². The normalized spacial score (nSPS) is 13.5. The third-order valence-corrected chi connectivity index (χ3v) is 8.80. The van der Waals surface area contributed by atoms with Gasteiger partial charge in [-0.1, -0.05) is 41.4 Å². The molecule has 8 nitrogen and oxygen atoms in total. The van der Waals surface area contributed by atoms with Gasteiger partial charge in [-0.15, -0.1) is 34.5 Å². The molecule has 4 N–H and O–H groups in total. The number of hydrogen-bond acceptors (Lipinski definition) is 6. The summed E-state index contributed by atoms with van der Waals surface area (Å²) < 4.78 is 28.1. The van der Waals surface area contributed by atoms with E-state index in [0.29, 0.717) is 9.90 Å². The van der Waals surface area contributed by atoms with Crippen LogP contribution in [0.4, 0.5) is 0 Å². The maximum Gasteiger partial charge on any atom is 0.262 e. The van der Waals surface area contributed by atoms with Crippen LogP contribution in [-0.2, 0) is 14.8 Å². The molecule has 1 heterocycles. The van der Waals surface area contributed by atoms with E-state index in [2.05, 4.69) is 15.4 Å². The Balaban J connectivity index is 1.51. The minimum atomic E-state index is -3.93. The molecular formula is C23H23Cl4N3O5S2. The van der Waals surface area contributed by atoms with E-state index < -0.39 is 38.8 Å². The van der Waals surface area contributed by atoms with Crippen molar-refractivity contribution in [2.75, 3.05) is 13.1 Å². The Kier molecular flexibility index (Phi) is 10.9. The summed E-state index contributed by atoms with van der Waals surface area (Å²) in [5, 5.41) is 16.6. The number of thiophene rings is 1. The Morgan fingerprint density at radius 3 is 2.46 bits per heavy atom. The average Bonchev–Trinajstić information content (AvgIpc) is 3.26. The fraction of sp³-hybridized carbons (Fsp3) is 0.304. The zero-order valence-corrected chi connectivity index (χ0v) is 23.7. The van der Waals surface area contributed by atoms with Gasteiger partial charge in [0.25, 0.3) is 5.91 Å². The standard InChI is InChI=1S/C23H23Cl4N3O5S2/c24-14-5-6-20(16(25)10-14)37(34,35)29-8-7-15(31)12-28-22(32)17(11-21(26)27)30-23(33)19-9-13-3-1-2-4-18(13)36-19/h1-6,9-10,15,17,21,29,31H,7-8,11-12H2,(H,28,32)(H,30,33)/t15-,17-/m0/s1. The molecule has 1 aromatic heterocycles. The molecule has 3 aromatic rings. The molecule has 2 aromatic carbocycles. The second kappa shape index (κ2) is 13.4. The van der Waals surface area contributed by atoms with Crippen LogP contribution < -0.4 is 15.4 Å². The Bertz CT molecular complexity index is 1330. The number of nitrogens with one attached hydrogen (secondary N) is 3. The number of rotatable bonds is 12. The van der Waals surface area contributed by atoms with Crippen molar-refractivity contribution in [3.8, 4) is 0 Å². The van der Waals surface area contributed by atoms with Crippen molar-refractivity contribution in [2.45, 2.75) is 34.7 Å². The van der Waals surface area contributed by atoms with Gasteiger partial charge in [0, 0.05) is 29.2 Å². The molecule has 0 saturated heterocycles. The number of halogens is 4. The maximum atomic E-state index is 12.7. The van der Waals surface area contributed by atoms with Gasteiger partial charge in [-0.2, -0.15) is 0 Å². The molecule has 0 fully saturated rings. The Hall–Kier alpha value is -1.63. The molecule has 14 heteroatoms. The lowest BCUT2D eigenvalue weighted by molar-refractivity contribution is -0.123. The van der Waals surface area contributed by atoms with Gasteiger partial charge in [-0.3, -0.25) is 9.59 Å². The van der Waals surface area contributed by atoms with Crippen molar-refractivity contribution >= 4 is 89.7 Å². The van der Waals surface area contributed by atoms with Crippen LogP contribution in [0, 0.1) is 0 Å². The molecule has 2 atom stereocenters. The molecule has 0 bridgehead atoms. The number of hydrogen-bond donors (Lipinski definition) is 4. The van der Waals surface area contributed by atoms with Crippen LogP contribution in [0.2, 0.25) is 10.0 Å². The smallest absolute Gasteiger partial charge is 0.262 e. The highest BCUT2D eigenvalue weighted by atomic mass is 35.5. The molecule has 0 aliphatic carbocycles. The number of sulfonamides is 1. The van der Waals surface area contributed by atoms with Crippen LogP contribution in [0.3, 0.4) is 0 Å². The van der Waals surface area contributed by atoms with Gasteiger partial charge in [0.1, 0.15) is 15.8 Å². The highest BCUT2D eigenvalue weighted by molar-refractivity contribution is 7.89. The van der Waals surface area contributed by atoms with Crippen LogP contribution in [0.1, 0.15) is 22.5 Å². The predicted molar refractivity (Wildman–Crippen MR) is 148 cm³/mol. The van der Waals surface area contributed by atoms with E-state index in [4.69, 9.17) is 46.4 Å². The summed E-state index contributed by atoms with van der Waals surface area (Å²) in [4.78, 5) is 24.8. The van der Waals surface area contributed by atoms with Crippen molar-refractivity contribution in [3.05, 3.63) is 63.5 Å². The van der Waals surface area contributed by atoms with E-state index in [1.807, 2.05) is 24.3 Å². The van der Waals surface area contributed by atoms with E-state index in [0.717, 1.165) is 10.1 Å². The summed E-state index contributed by atoms with van der Waals surface area (Å²) >= 11 is 24.8. The SMILES string of the molecule is O=C(N[C@@H](CC(Cl)Cl)C(=O)NC[C@@H](O)CCNS(=O)(=O)c1ccc(Cl)cc1Cl)c1cc2ccccc2s1. The Morgan fingerprint density at radius 1 is 1.05 bits per heavy atom. The van der Waals surface area contributed by atoms with E-state index in [1.54, 1.807) is 6.07 Å². The first-order valence-corrected chi connectivity index (χ1v) is 14.9.